The molecule has 2 N–H and O–H groups in total. The highest BCUT2D eigenvalue weighted by Gasteiger charge is 2.52. The number of fused-ring (bicyclic) bond motifs is 1. The van der Waals surface area contributed by atoms with E-state index >= 15 is 0 Å². The molecule has 9 heteroatoms. The average Bonchev–Trinajstić information content (AvgIpc) is 3.39. The van der Waals surface area contributed by atoms with E-state index in [1.807, 2.05) is 50.2 Å². The van der Waals surface area contributed by atoms with Gasteiger partial charge in [0, 0.05) is 24.6 Å². The van der Waals surface area contributed by atoms with Crippen molar-refractivity contribution in [3.8, 4) is 0 Å². The number of hydrogen-bond acceptors (Lipinski definition) is 6. The van der Waals surface area contributed by atoms with Crippen LogP contribution in [0, 0.1) is 5.92 Å². The number of ketones is 1. The Morgan fingerprint density at radius 3 is 2.27 bits per heavy atom. The first kappa shape index (κ1) is 28.5. The van der Waals surface area contributed by atoms with Gasteiger partial charge < -0.3 is 20.2 Å². The van der Waals surface area contributed by atoms with Crippen molar-refractivity contribution in [3.05, 3.63) is 83.9 Å². The summed E-state index contributed by atoms with van der Waals surface area (Å²) in [5.41, 5.74) is -0.163. The van der Waals surface area contributed by atoms with Crippen LogP contribution in [0.5, 0.6) is 0 Å². The van der Waals surface area contributed by atoms with Crippen LogP contribution in [0.2, 0.25) is 0 Å². The van der Waals surface area contributed by atoms with E-state index in [2.05, 4.69) is 10.5 Å². The van der Waals surface area contributed by atoms with Gasteiger partial charge in [-0.2, -0.15) is 0 Å². The number of amides is 2. The number of hydrogen-bond donors (Lipinski definition) is 2. The molecule has 208 valence electrons. The lowest BCUT2D eigenvalue weighted by atomic mass is 9.83. The van der Waals surface area contributed by atoms with Gasteiger partial charge >= 0.3 is 5.97 Å². The minimum Gasteiger partial charge on any atom is -0.481 e. The van der Waals surface area contributed by atoms with Crippen molar-refractivity contribution in [3.63, 3.8) is 0 Å². The van der Waals surface area contributed by atoms with Gasteiger partial charge in [-0.15, -0.1) is 0 Å². The van der Waals surface area contributed by atoms with Gasteiger partial charge in [0.1, 0.15) is 6.04 Å². The lowest BCUT2D eigenvalue weighted by molar-refractivity contribution is -0.160. The number of nitrogens with zero attached hydrogens (tertiary/aromatic N) is 2. The van der Waals surface area contributed by atoms with Gasteiger partial charge in [0.15, 0.2) is 5.78 Å². The minimum atomic E-state index is -1.63. The molecule has 0 spiro atoms. The number of oxime groups is 1. The van der Waals surface area contributed by atoms with Crippen LogP contribution in [-0.4, -0.2) is 58.4 Å². The molecule has 3 atom stereocenters. The molecule has 0 bridgehead atoms. The molecule has 4 rings (SSSR count). The van der Waals surface area contributed by atoms with E-state index in [0.717, 1.165) is 15.7 Å². The van der Waals surface area contributed by atoms with E-state index in [1.165, 1.54) is 14.0 Å². The Labute approximate surface area is 232 Å². The quantitative estimate of drug-likeness (QED) is 0.396. The van der Waals surface area contributed by atoms with Crippen LogP contribution in [0.3, 0.4) is 0 Å². The number of likely N-dealkylation sites (N-methyl/N-ethyl adjacent to an activating group) is 1. The summed E-state index contributed by atoms with van der Waals surface area (Å²) >= 11 is 0. The summed E-state index contributed by atoms with van der Waals surface area (Å²) in [7, 11) is 1.39. The van der Waals surface area contributed by atoms with Gasteiger partial charge in [-0.3, -0.25) is 19.2 Å². The van der Waals surface area contributed by atoms with Crippen LogP contribution in [-0.2, 0) is 24.8 Å². The summed E-state index contributed by atoms with van der Waals surface area (Å²) in [6, 6.07) is 20.3. The molecular formula is C31H33N3O6. The third-order valence-electron chi connectivity index (χ3n) is 7.28. The van der Waals surface area contributed by atoms with Crippen LogP contribution in [0.15, 0.2) is 78.0 Å². The minimum absolute atomic E-state index is 0.0126. The molecule has 40 heavy (non-hydrogen) atoms. The fraction of sp³-hybridized carbons (Fsp3) is 0.323. The van der Waals surface area contributed by atoms with Crippen LogP contribution < -0.4 is 5.32 Å². The Kier molecular flexibility index (Phi) is 8.32. The molecule has 9 nitrogen and oxygen atoms in total. The van der Waals surface area contributed by atoms with E-state index < -0.39 is 41.8 Å². The third kappa shape index (κ3) is 5.73. The largest absolute Gasteiger partial charge is 0.481 e. The molecule has 1 unspecified atom stereocenters. The number of nitrogens with one attached hydrogen (secondary N) is 1. The van der Waals surface area contributed by atoms with Gasteiger partial charge in [-0.25, -0.2) is 0 Å². The number of carboxylic acids is 1. The molecule has 2 amide bonds. The maximum absolute atomic E-state index is 14.0. The number of rotatable bonds is 10. The Morgan fingerprint density at radius 2 is 1.65 bits per heavy atom. The van der Waals surface area contributed by atoms with Gasteiger partial charge in [0.05, 0.1) is 18.2 Å². The Balaban J connectivity index is 1.63. The first-order valence-corrected chi connectivity index (χ1v) is 13.1. The number of aliphatic carboxylic acids is 1. The molecular weight excluding hydrogens is 510 g/mol. The average molecular weight is 544 g/mol. The summed E-state index contributed by atoms with van der Waals surface area (Å²) < 4.78 is 0. The standard InChI is InChI=1S/C31H33N3O6/c1-19(2)28(32-29(38)23-15-14-21-10-8-9-11-22(21)16-23)25-18-31(40-33-25,24-12-6-5-7-13-24)30(39)34(4)26(20(3)35)17-27(36)37/h5-16,19,26,28H,17-18H2,1-4H3,(H,32,38)(H,36,37)/t26-,28-,31?/m0/s1. The first-order chi connectivity index (χ1) is 19.0. The van der Waals surface area contributed by atoms with Crippen LogP contribution >= 0.6 is 0 Å². The van der Waals surface area contributed by atoms with Crippen LogP contribution in [0.1, 0.15) is 49.5 Å². The molecule has 0 aromatic heterocycles. The van der Waals surface area contributed by atoms with Crippen molar-refractivity contribution in [2.75, 3.05) is 7.05 Å². The predicted octanol–water partition coefficient (Wildman–Crippen LogP) is 4.16. The maximum atomic E-state index is 14.0. The smallest absolute Gasteiger partial charge is 0.305 e. The van der Waals surface area contributed by atoms with Crippen LogP contribution in [0.25, 0.3) is 10.8 Å². The zero-order chi connectivity index (χ0) is 29.0. The fourth-order valence-electron chi connectivity index (χ4n) is 5.06. The van der Waals surface area contributed by atoms with E-state index in [0.29, 0.717) is 16.8 Å². The van der Waals surface area contributed by atoms with Crippen molar-refractivity contribution in [1.82, 2.24) is 10.2 Å². The van der Waals surface area contributed by atoms with E-state index in [4.69, 9.17) is 4.84 Å². The second kappa shape index (κ2) is 11.7. The van der Waals surface area contributed by atoms with Crippen molar-refractivity contribution < 1.29 is 29.1 Å². The topological polar surface area (TPSA) is 125 Å². The van der Waals surface area contributed by atoms with E-state index in [9.17, 15) is 24.3 Å². The molecule has 0 saturated carbocycles. The highest BCUT2D eigenvalue weighted by molar-refractivity contribution is 6.04. The monoisotopic (exact) mass is 543 g/mol. The van der Waals surface area contributed by atoms with Crippen molar-refractivity contribution in [1.29, 1.82) is 0 Å². The molecule has 0 aliphatic carbocycles. The van der Waals surface area contributed by atoms with Gasteiger partial charge in [-0.05, 0) is 35.7 Å². The predicted molar refractivity (Wildman–Crippen MR) is 151 cm³/mol. The zero-order valence-electron chi connectivity index (χ0n) is 23.0. The lowest BCUT2D eigenvalue weighted by Gasteiger charge is -2.34. The van der Waals surface area contributed by atoms with Gasteiger partial charge in [0.25, 0.3) is 11.8 Å². The highest BCUT2D eigenvalue weighted by atomic mass is 16.7. The first-order valence-electron chi connectivity index (χ1n) is 13.1. The SMILES string of the molecule is CC(=O)[C@H](CC(=O)O)N(C)C(=O)C1(c2ccccc2)CC([C@@H](NC(=O)c2ccc3ccccc3c2)C(C)C)=NO1. The molecule has 1 heterocycles. The number of carbonyl (C=O) groups is 4. The zero-order valence-corrected chi connectivity index (χ0v) is 23.0. The number of carboxylic acid groups (broad SMARTS) is 1. The molecule has 0 radical (unpaired) electrons. The molecule has 1 aliphatic heterocycles. The highest BCUT2D eigenvalue weighted by Crippen LogP contribution is 2.38. The van der Waals surface area contributed by atoms with Crippen molar-refractivity contribution in [2.24, 2.45) is 11.1 Å². The van der Waals surface area contributed by atoms with E-state index in [-0.39, 0.29) is 18.2 Å². The normalized spacial score (nSPS) is 18.0. The Hall–Kier alpha value is -4.53. The summed E-state index contributed by atoms with van der Waals surface area (Å²) in [6.07, 6.45) is -0.522. The van der Waals surface area contributed by atoms with Crippen molar-refractivity contribution >= 4 is 40.1 Å². The summed E-state index contributed by atoms with van der Waals surface area (Å²) in [5.74, 6) is -2.63. The fourth-order valence-corrected chi connectivity index (χ4v) is 5.06. The van der Waals surface area contributed by atoms with Crippen LogP contribution in [0.4, 0.5) is 0 Å². The van der Waals surface area contributed by atoms with Crippen molar-refractivity contribution in [2.45, 2.75) is 51.3 Å². The third-order valence-corrected chi connectivity index (χ3v) is 7.28. The van der Waals surface area contributed by atoms with Gasteiger partial charge in [-0.1, -0.05) is 79.7 Å². The Morgan fingerprint density at radius 1 is 1.00 bits per heavy atom. The second-order valence-corrected chi connectivity index (χ2v) is 10.4. The van der Waals surface area contributed by atoms with Gasteiger partial charge in [0.2, 0.25) is 5.60 Å². The molecule has 0 saturated heterocycles. The molecule has 1 aliphatic rings. The molecule has 3 aromatic rings. The van der Waals surface area contributed by atoms with E-state index in [1.54, 1.807) is 36.4 Å². The Bertz CT molecular complexity index is 1470. The summed E-state index contributed by atoms with van der Waals surface area (Å²) in [6.45, 7) is 5.12. The molecule has 3 aromatic carbocycles. The number of Topliss-reactive ketones (excluding diaryl/α,β-unsaturated/α-hetero) is 1. The molecule has 0 fully saturated rings. The second-order valence-electron chi connectivity index (χ2n) is 10.4. The maximum Gasteiger partial charge on any atom is 0.305 e. The summed E-state index contributed by atoms with van der Waals surface area (Å²) in [4.78, 5) is 58.1. The number of benzene rings is 3. The summed E-state index contributed by atoms with van der Waals surface area (Å²) in [5, 5.41) is 18.7. The number of carbonyl (C=O) groups excluding carboxylic acids is 3. The lowest BCUT2D eigenvalue weighted by Crippen LogP contribution is -2.53.